The Balaban J connectivity index is 2.79. The number of benzene rings is 1. The molecule has 1 rings (SSSR count). The number of aromatic hydroxyl groups is 1. The smallest absolute Gasteiger partial charge is 0.330 e. The molecule has 1 N–H and O–H groups in total. The minimum atomic E-state index is -0.447. The van der Waals surface area contributed by atoms with E-state index < -0.39 is 5.97 Å². The van der Waals surface area contributed by atoms with Gasteiger partial charge in [0.2, 0.25) is 0 Å². The van der Waals surface area contributed by atoms with Gasteiger partial charge in [0.05, 0.1) is 6.61 Å². The van der Waals surface area contributed by atoms with Crippen molar-refractivity contribution in [2.75, 3.05) is 6.61 Å². The van der Waals surface area contributed by atoms with Gasteiger partial charge in [-0.05, 0) is 31.2 Å². The van der Waals surface area contributed by atoms with E-state index in [-0.39, 0.29) is 5.75 Å². The SMILES string of the molecule is CCOC(=O)C=Cc1cc(Cl)ccc1O. The van der Waals surface area contributed by atoms with Crippen molar-refractivity contribution in [1.29, 1.82) is 0 Å². The maximum atomic E-state index is 11.0. The van der Waals surface area contributed by atoms with Gasteiger partial charge in [-0.25, -0.2) is 4.79 Å². The number of ether oxygens (including phenoxy) is 1. The first-order valence-corrected chi connectivity index (χ1v) is 4.84. The van der Waals surface area contributed by atoms with Crippen molar-refractivity contribution in [1.82, 2.24) is 0 Å². The van der Waals surface area contributed by atoms with E-state index in [2.05, 4.69) is 0 Å². The molecule has 0 radical (unpaired) electrons. The van der Waals surface area contributed by atoms with Gasteiger partial charge in [-0.2, -0.15) is 0 Å². The minimum Gasteiger partial charge on any atom is -0.507 e. The molecule has 0 amide bonds. The molecule has 80 valence electrons. The Bertz CT molecular complexity index is 385. The molecule has 3 nitrogen and oxygen atoms in total. The lowest BCUT2D eigenvalue weighted by Crippen LogP contribution is -1.98. The highest BCUT2D eigenvalue weighted by Gasteiger charge is 1.99. The fourth-order valence-electron chi connectivity index (χ4n) is 1.01. The molecule has 0 saturated carbocycles. The average molecular weight is 227 g/mol. The lowest BCUT2D eigenvalue weighted by Gasteiger charge is -1.99. The first kappa shape index (κ1) is 11.6. The summed E-state index contributed by atoms with van der Waals surface area (Å²) in [6.07, 6.45) is 2.70. The number of rotatable bonds is 3. The number of esters is 1. The summed E-state index contributed by atoms with van der Waals surface area (Å²) < 4.78 is 4.69. The molecular formula is C11H11ClO3. The Morgan fingerprint density at radius 3 is 3.00 bits per heavy atom. The van der Waals surface area contributed by atoms with Crippen LogP contribution in [0, 0.1) is 0 Å². The monoisotopic (exact) mass is 226 g/mol. The van der Waals surface area contributed by atoms with Crippen LogP contribution < -0.4 is 0 Å². The third kappa shape index (κ3) is 3.64. The van der Waals surface area contributed by atoms with Gasteiger partial charge < -0.3 is 9.84 Å². The van der Waals surface area contributed by atoms with Crippen LogP contribution in [-0.2, 0) is 9.53 Å². The number of hydrogen-bond acceptors (Lipinski definition) is 3. The Morgan fingerprint density at radius 1 is 1.60 bits per heavy atom. The molecule has 1 aromatic rings. The van der Waals surface area contributed by atoms with Crippen LogP contribution in [0.4, 0.5) is 0 Å². The molecule has 15 heavy (non-hydrogen) atoms. The maximum absolute atomic E-state index is 11.0. The quantitative estimate of drug-likeness (QED) is 0.637. The summed E-state index contributed by atoms with van der Waals surface area (Å²) in [5, 5.41) is 9.91. The van der Waals surface area contributed by atoms with Gasteiger partial charge >= 0.3 is 5.97 Å². The summed E-state index contributed by atoms with van der Waals surface area (Å²) >= 11 is 5.73. The normalized spacial score (nSPS) is 10.5. The van der Waals surface area contributed by atoms with Crippen LogP contribution in [0.1, 0.15) is 12.5 Å². The van der Waals surface area contributed by atoms with Gasteiger partial charge in [0.1, 0.15) is 5.75 Å². The summed E-state index contributed by atoms with van der Waals surface area (Å²) in [5.41, 5.74) is 0.482. The summed E-state index contributed by atoms with van der Waals surface area (Å²) in [6, 6.07) is 4.60. The van der Waals surface area contributed by atoms with Crippen LogP contribution in [-0.4, -0.2) is 17.7 Å². The highest BCUT2D eigenvalue weighted by Crippen LogP contribution is 2.22. The molecule has 0 aliphatic heterocycles. The van der Waals surface area contributed by atoms with E-state index in [9.17, 15) is 9.90 Å². The topological polar surface area (TPSA) is 46.5 Å². The molecule has 0 heterocycles. The number of hydrogen-bond donors (Lipinski definition) is 1. The molecular weight excluding hydrogens is 216 g/mol. The molecule has 1 aromatic carbocycles. The van der Waals surface area contributed by atoms with Crippen molar-refractivity contribution >= 4 is 23.6 Å². The molecule has 0 saturated heterocycles. The lowest BCUT2D eigenvalue weighted by atomic mass is 10.2. The first-order chi connectivity index (χ1) is 7.13. The van der Waals surface area contributed by atoms with Gasteiger partial charge in [-0.15, -0.1) is 0 Å². The largest absolute Gasteiger partial charge is 0.507 e. The highest BCUT2D eigenvalue weighted by molar-refractivity contribution is 6.30. The highest BCUT2D eigenvalue weighted by atomic mass is 35.5. The van der Waals surface area contributed by atoms with Gasteiger partial charge in [-0.1, -0.05) is 11.6 Å². The predicted molar refractivity (Wildman–Crippen MR) is 58.8 cm³/mol. The van der Waals surface area contributed by atoms with Gasteiger partial charge in [0, 0.05) is 16.7 Å². The number of phenols is 1. The van der Waals surface area contributed by atoms with Crippen molar-refractivity contribution in [3.8, 4) is 5.75 Å². The molecule has 0 bridgehead atoms. The van der Waals surface area contributed by atoms with Crippen LogP contribution in [0.3, 0.4) is 0 Å². The summed E-state index contributed by atoms with van der Waals surface area (Å²) in [6.45, 7) is 2.05. The standard InChI is InChI=1S/C11H11ClO3/c1-2-15-11(14)6-3-8-7-9(12)4-5-10(8)13/h3-7,13H,2H2,1H3. The second-order valence-corrected chi connectivity index (χ2v) is 3.22. The van der Waals surface area contributed by atoms with E-state index in [1.807, 2.05) is 0 Å². The summed E-state index contributed by atoms with van der Waals surface area (Å²) in [5.74, 6) is -0.378. The van der Waals surface area contributed by atoms with E-state index in [0.717, 1.165) is 0 Å². The molecule has 0 atom stereocenters. The Morgan fingerprint density at radius 2 is 2.33 bits per heavy atom. The zero-order chi connectivity index (χ0) is 11.3. The second kappa shape index (κ2) is 5.41. The van der Waals surface area contributed by atoms with Crippen LogP contribution in [0.5, 0.6) is 5.75 Å². The van der Waals surface area contributed by atoms with Crippen LogP contribution >= 0.6 is 11.6 Å². The lowest BCUT2D eigenvalue weighted by molar-refractivity contribution is -0.137. The molecule has 4 heteroatoms. The summed E-state index contributed by atoms with van der Waals surface area (Å²) in [4.78, 5) is 11.0. The molecule has 0 spiro atoms. The predicted octanol–water partition coefficient (Wildman–Crippen LogP) is 2.62. The molecule has 0 aromatic heterocycles. The second-order valence-electron chi connectivity index (χ2n) is 2.79. The van der Waals surface area contributed by atoms with Crippen molar-refractivity contribution < 1.29 is 14.6 Å². The number of carbonyl (C=O) groups excluding carboxylic acids is 1. The first-order valence-electron chi connectivity index (χ1n) is 4.47. The van der Waals surface area contributed by atoms with Crippen molar-refractivity contribution in [2.24, 2.45) is 0 Å². The zero-order valence-corrected chi connectivity index (χ0v) is 8.99. The van der Waals surface area contributed by atoms with Crippen molar-refractivity contribution in [3.63, 3.8) is 0 Å². The zero-order valence-electron chi connectivity index (χ0n) is 8.24. The van der Waals surface area contributed by atoms with E-state index in [1.54, 1.807) is 19.1 Å². The van der Waals surface area contributed by atoms with Gasteiger partial charge in [0.15, 0.2) is 0 Å². The fourth-order valence-corrected chi connectivity index (χ4v) is 1.19. The van der Waals surface area contributed by atoms with E-state index in [1.165, 1.54) is 18.2 Å². The molecule has 0 aliphatic carbocycles. The van der Waals surface area contributed by atoms with E-state index >= 15 is 0 Å². The number of carbonyl (C=O) groups is 1. The van der Waals surface area contributed by atoms with Crippen molar-refractivity contribution in [3.05, 3.63) is 34.9 Å². The summed E-state index contributed by atoms with van der Waals surface area (Å²) in [7, 11) is 0. The number of phenolic OH excluding ortho intramolecular Hbond substituents is 1. The van der Waals surface area contributed by atoms with Crippen LogP contribution in [0.25, 0.3) is 6.08 Å². The Hall–Kier alpha value is -1.48. The molecule has 0 aliphatic rings. The van der Waals surface area contributed by atoms with Gasteiger partial charge in [0.25, 0.3) is 0 Å². The Labute approximate surface area is 92.9 Å². The van der Waals surface area contributed by atoms with Crippen LogP contribution in [0.15, 0.2) is 24.3 Å². The maximum Gasteiger partial charge on any atom is 0.330 e. The molecule has 0 fully saturated rings. The minimum absolute atomic E-state index is 0.0694. The number of halogens is 1. The molecule has 0 unspecified atom stereocenters. The third-order valence-corrected chi connectivity index (χ3v) is 1.91. The average Bonchev–Trinajstić information content (AvgIpc) is 2.20. The van der Waals surface area contributed by atoms with E-state index in [4.69, 9.17) is 16.3 Å². The van der Waals surface area contributed by atoms with Crippen molar-refractivity contribution in [2.45, 2.75) is 6.92 Å². The third-order valence-electron chi connectivity index (χ3n) is 1.68. The van der Waals surface area contributed by atoms with Crippen LogP contribution in [0.2, 0.25) is 5.02 Å². The van der Waals surface area contributed by atoms with Gasteiger partial charge in [-0.3, -0.25) is 0 Å². The Kier molecular flexibility index (Phi) is 4.18. The van der Waals surface area contributed by atoms with E-state index in [0.29, 0.717) is 17.2 Å². The fraction of sp³-hybridized carbons (Fsp3) is 0.182.